The number of carbonyl (C=O) groups is 1. The summed E-state index contributed by atoms with van der Waals surface area (Å²) < 4.78 is 4.80. The maximum Gasteiger partial charge on any atom is 0.340 e. The van der Waals surface area contributed by atoms with E-state index in [9.17, 15) is 25.0 Å². The van der Waals surface area contributed by atoms with Gasteiger partial charge in [-0.15, -0.1) is 4.91 Å². The number of nitrogens with zero attached hydrogens (tertiary/aromatic N) is 2. The number of hydrogen-bond acceptors (Lipinski definition) is 8. The Kier molecular flexibility index (Phi) is 6.79. The summed E-state index contributed by atoms with van der Waals surface area (Å²) in [6.07, 6.45) is -5.84. The first kappa shape index (κ1) is 17.7. The molecule has 1 unspecified atom stereocenters. The van der Waals surface area contributed by atoms with Crippen LogP contribution in [-0.4, -0.2) is 75.8 Å². The lowest BCUT2D eigenvalue weighted by Gasteiger charge is -2.40. The van der Waals surface area contributed by atoms with Crippen LogP contribution in [0.4, 0.5) is 4.79 Å². The number of nitroso groups, excluding NO2 is 1. The van der Waals surface area contributed by atoms with E-state index in [4.69, 9.17) is 9.84 Å². The van der Waals surface area contributed by atoms with Gasteiger partial charge in [0.1, 0.15) is 24.4 Å². The second-order valence-electron chi connectivity index (χ2n) is 3.81. The molecule has 1 rings (SSSR count). The van der Waals surface area contributed by atoms with E-state index in [1.807, 2.05) is 0 Å². The van der Waals surface area contributed by atoms with Gasteiger partial charge in [-0.25, -0.2) is 4.79 Å². The van der Waals surface area contributed by atoms with Gasteiger partial charge >= 0.3 is 6.03 Å². The molecule has 0 radical (unpaired) electrons. The number of carbonyl (C=O) groups excluding carboxylic acids is 1. The third-order valence-corrected chi connectivity index (χ3v) is 2.61. The van der Waals surface area contributed by atoms with Gasteiger partial charge in [0, 0.05) is 7.05 Å². The first-order valence-corrected chi connectivity index (χ1v) is 5.10. The topological polar surface area (TPSA) is 152 Å². The Bertz CT molecular complexity index is 316. The van der Waals surface area contributed by atoms with Gasteiger partial charge in [0.05, 0.1) is 11.9 Å². The van der Waals surface area contributed by atoms with Gasteiger partial charge in [-0.2, -0.15) is 5.01 Å². The van der Waals surface area contributed by atoms with Crippen LogP contribution in [0.2, 0.25) is 0 Å². The number of aliphatic hydroxyl groups is 4. The molecule has 10 heteroatoms. The van der Waals surface area contributed by atoms with E-state index in [0.717, 1.165) is 7.05 Å². The number of nitrogens with one attached hydrogen (secondary N) is 1. The minimum absolute atomic E-state index is 0. The highest BCUT2D eigenvalue weighted by Crippen LogP contribution is 2.19. The smallest absolute Gasteiger partial charge is 0.340 e. The molecule has 0 aromatic carbocycles. The van der Waals surface area contributed by atoms with Gasteiger partial charge in [0.15, 0.2) is 6.29 Å². The molecule has 5 atom stereocenters. The molecular weight excluding hydrogens is 262 g/mol. The van der Waals surface area contributed by atoms with Crippen molar-refractivity contribution in [3.8, 4) is 0 Å². The molecule has 1 saturated heterocycles. The highest BCUT2D eigenvalue weighted by molar-refractivity contribution is 5.73. The second kappa shape index (κ2) is 7.31. The number of rotatable bonds is 3. The van der Waals surface area contributed by atoms with Crippen LogP contribution in [0.25, 0.3) is 0 Å². The molecule has 0 spiro atoms. The Labute approximate surface area is 109 Å². The van der Waals surface area contributed by atoms with Crippen molar-refractivity contribution < 1.29 is 30.0 Å². The van der Waals surface area contributed by atoms with Gasteiger partial charge in [0.25, 0.3) is 0 Å². The van der Waals surface area contributed by atoms with E-state index < -0.39 is 43.3 Å². The van der Waals surface area contributed by atoms with E-state index in [2.05, 4.69) is 10.6 Å². The molecular formula is C9H19N3O7. The van der Waals surface area contributed by atoms with Crippen molar-refractivity contribution in [2.75, 3.05) is 13.7 Å². The summed E-state index contributed by atoms with van der Waals surface area (Å²) in [6.45, 7) is -0.605. The second-order valence-corrected chi connectivity index (χ2v) is 3.81. The summed E-state index contributed by atoms with van der Waals surface area (Å²) >= 11 is 0. The van der Waals surface area contributed by atoms with Crippen LogP contribution in [0, 0.1) is 4.91 Å². The molecule has 1 aliphatic rings. The lowest BCUT2D eigenvalue weighted by Crippen LogP contribution is -2.64. The van der Waals surface area contributed by atoms with Crippen LogP contribution in [0.3, 0.4) is 0 Å². The van der Waals surface area contributed by atoms with Crippen molar-refractivity contribution in [1.29, 1.82) is 0 Å². The van der Waals surface area contributed by atoms with E-state index in [-0.39, 0.29) is 7.43 Å². The van der Waals surface area contributed by atoms with Crippen molar-refractivity contribution in [1.82, 2.24) is 10.3 Å². The predicted molar refractivity (Wildman–Crippen MR) is 62.6 cm³/mol. The van der Waals surface area contributed by atoms with Gasteiger partial charge < -0.3 is 30.5 Å². The summed E-state index contributed by atoms with van der Waals surface area (Å²) in [7, 11) is 1.07. The van der Waals surface area contributed by atoms with Crippen LogP contribution in [-0.2, 0) is 4.74 Å². The third kappa shape index (κ3) is 3.81. The largest absolute Gasteiger partial charge is 0.394 e. The predicted octanol–water partition coefficient (Wildman–Crippen LogP) is -2.25. The normalized spacial score (nSPS) is 34.1. The number of ether oxygens (including phenoxy) is 1. The molecule has 0 aromatic rings. The molecule has 10 nitrogen and oxygen atoms in total. The zero-order chi connectivity index (χ0) is 13.9. The van der Waals surface area contributed by atoms with Crippen LogP contribution < -0.4 is 5.32 Å². The highest BCUT2D eigenvalue weighted by atomic mass is 16.6. The number of aliphatic hydroxyl groups excluding tert-OH is 4. The molecule has 0 aromatic heterocycles. The third-order valence-electron chi connectivity index (χ3n) is 2.61. The zero-order valence-electron chi connectivity index (χ0n) is 9.50. The maximum atomic E-state index is 11.3. The van der Waals surface area contributed by atoms with E-state index in [1.54, 1.807) is 0 Å². The quantitative estimate of drug-likeness (QED) is 0.289. The molecule has 0 aliphatic carbocycles. The molecule has 112 valence electrons. The highest BCUT2D eigenvalue weighted by Gasteiger charge is 2.44. The number of urea groups is 1. The summed E-state index contributed by atoms with van der Waals surface area (Å²) in [5.74, 6) is 0. The van der Waals surface area contributed by atoms with Crippen molar-refractivity contribution in [2.24, 2.45) is 5.29 Å². The van der Waals surface area contributed by atoms with Gasteiger partial charge in [-0.05, 0) is 0 Å². The maximum absolute atomic E-state index is 11.3. The fourth-order valence-corrected chi connectivity index (χ4v) is 1.53. The fourth-order valence-electron chi connectivity index (χ4n) is 1.53. The summed E-state index contributed by atoms with van der Waals surface area (Å²) in [4.78, 5) is 21.4. The Balaban J connectivity index is 0.00000324. The Morgan fingerprint density at radius 3 is 2.42 bits per heavy atom. The SMILES string of the molecule is C.CN(N=O)C(=O)N[C@H]1C(O)O[C@H](CO)[C@@H](O)[C@@H]1O. The summed E-state index contributed by atoms with van der Waals surface area (Å²) in [5.41, 5.74) is 0. The van der Waals surface area contributed by atoms with E-state index >= 15 is 0 Å². The zero-order valence-corrected chi connectivity index (χ0v) is 9.50. The van der Waals surface area contributed by atoms with Crippen LogP contribution in [0.5, 0.6) is 0 Å². The first-order chi connectivity index (χ1) is 8.42. The van der Waals surface area contributed by atoms with Gasteiger partial charge in [-0.1, -0.05) is 7.43 Å². The molecule has 2 amide bonds. The first-order valence-electron chi connectivity index (χ1n) is 5.10. The Morgan fingerprint density at radius 1 is 1.37 bits per heavy atom. The van der Waals surface area contributed by atoms with Crippen molar-refractivity contribution >= 4 is 6.03 Å². The van der Waals surface area contributed by atoms with Crippen molar-refractivity contribution in [3.63, 3.8) is 0 Å². The average Bonchev–Trinajstić information content (AvgIpc) is 2.37. The van der Waals surface area contributed by atoms with Crippen molar-refractivity contribution in [3.05, 3.63) is 4.91 Å². The minimum atomic E-state index is -1.63. The number of amides is 2. The van der Waals surface area contributed by atoms with Crippen LogP contribution >= 0.6 is 0 Å². The van der Waals surface area contributed by atoms with E-state index in [0.29, 0.717) is 5.01 Å². The minimum Gasteiger partial charge on any atom is -0.394 e. The van der Waals surface area contributed by atoms with Crippen LogP contribution in [0.15, 0.2) is 5.29 Å². The van der Waals surface area contributed by atoms with Gasteiger partial charge in [-0.3, -0.25) is 0 Å². The van der Waals surface area contributed by atoms with Gasteiger partial charge in [0.2, 0.25) is 0 Å². The Hall–Kier alpha value is -1.33. The fraction of sp³-hybridized carbons (Fsp3) is 0.889. The molecule has 0 saturated carbocycles. The monoisotopic (exact) mass is 281 g/mol. The summed E-state index contributed by atoms with van der Waals surface area (Å²) in [6, 6.07) is -2.33. The molecule has 5 N–H and O–H groups in total. The number of hydrogen-bond donors (Lipinski definition) is 5. The lowest BCUT2D eigenvalue weighted by molar-refractivity contribution is -0.252. The molecule has 1 fully saturated rings. The summed E-state index contributed by atoms with van der Waals surface area (Å²) in [5, 5.41) is 42.4. The Morgan fingerprint density at radius 2 is 1.95 bits per heavy atom. The van der Waals surface area contributed by atoms with E-state index in [1.165, 1.54) is 0 Å². The lowest BCUT2D eigenvalue weighted by atomic mass is 9.97. The standard InChI is InChI=1S/C8H15N3O7.CH4/c1-11(10-17)8(16)9-4-6(14)5(13)3(2-12)18-7(4)15;/h3-7,12-15H,2H2,1H3,(H,9,16);1H4/t3-,4-,5-,6-,7?;/m1./s1. The molecule has 0 bridgehead atoms. The van der Waals surface area contributed by atoms with Crippen molar-refractivity contribution in [2.45, 2.75) is 38.1 Å². The molecule has 1 heterocycles. The van der Waals surface area contributed by atoms with Crippen LogP contribution in [0.1, 0.15) is 7.43 Å². The average molecular weight is 281 g/mol. The molecule has 1 aliphatic heterocycles. The molecule has 19 heavy (non-hydrogen) atoms.